The monoisotopic (exact) mass is 442 g/mol. The fraction of sp³-hybridized carbons (Fsp3) is 0.143. The quantitative estimate of drug-likeness (QED) is 0.665. The van der Waals surface area contributed by atoms with Crippen molar-refractivity contribution in [1.29, 1.82) is 0 Å². The van der Waals surface area contributed by atoms with Crippen LogP contribution in [0.25, 0.3) is 0 Å². The summed E-state index contributed by atoms with van der Waals surface area (Å²) < 4.78 is 53.3. The number of benzene rings is 2. The largest absolute Gasteiger partial charge is 0.280 e. The van der Waals surface area contributed by atoms with Crippen LogP contribution in [0.2, 0.25) is 15.1 Å². The van der Waals surface area contributed by atoms with Gasteiger partial charge in [-0.2, -0.15) is 0 Å². The van der Waals surface area contributed by atoms with Crippen molar-refractivity contribution in [2.75, 3.05) is 11.3 Å². The highest BCUT2D eigenvalue weighted by Gasteiger charge is 2.20. The minimum Gasteiger partial charge on any atom is -0.280 e. The van der Waals surface area contributed by atoms with E-state index in [1.54, 1.807) is 6.92 Å². The van der Waals surface area contributed by atoms with Crippen molar-refractivity contribution in [1.82, 2.24) is 4.72 Å². The van der Waals surface area contributed by atoms with E-state index in [-0.39, 0.29) is 37.1 Å². The van der Waals surface area contributed by atoms with Crippen LogP contribution < -0.4 is 9.44 Å². The average molecular weight is 444 g/mol. The van der Waals surface area contributed by atoms with Gasteiger partial charge in [0.25, 0.3) is 10.0 Å². The van der Waals surface area contributed by atoms with Gasteiger partial charge in [0, 0.05) is 12.2 Å². The second kappa shape index (κ2) is 7.69. The summed E-state index contributed by atoms with van der Waals surface area (Å²) in [5, 5.41) is 0.0790. The Morgan fingerprint density at radius 1 is 0.840 bits per heavy atom. The molecule has 0 aromatic heterocycles. The van der Waals surface area contributed by atoms with Crippen molar-refractivity contribution in [3.05, 3.63) is 51.5 Å². The van der Waals surface area contributed by atoms with Crippen LogP contribution in [0, 0.1) is 0 Å². The zero-order chi connectivity index (χ0) is 18.8. The molecule has 0 aliphatic carbocycles. The molecule has 0 spiro atoms. The predicted octanol–water partition coefficient (Wildman–Crippen LogP) is 3.75. The van der Waals surface area contributed by atoms with Crippen LogP contribution in [-0.4, -0.2) is 23.4 Å². The highest BCUT2D eigenvalue weighted by molar-refractivity contribution is 7.92. The lowest BCUT2D eigenvalue weighted by atomic mass is 10.3. The molecule has 0 aliphatic heterocycles. The van der Waals surface area contributed by atoms with Gasteiger partial charge in [-0.15, -0.1) is 0 Å². The lowest BCUT2D eigenvalue weighted by Crippen LogP contribution is -2.23. The standard InChI is InChI=1S/C14H13Cl3N2O4S2/c1-2-18-24(20,21)10-5-3-9(4-6-10)19-25(22,23)14-8-12(16)11(15)7-13(14)17/h3-8,18-19H,2H2,1H3. The van der Waals surface area contributed by atoms with Crippen molar-refractivity contribution in [2.45, 2.75) is 16.7 Å². The molecular formula is C14H13Cl3N2O4S2. The van der Waals surface area contributed by atoms with Crippen LogP contribution in [-0.2, 0) is 20.0 Å². The predicted molar refractivity (Wildman–Crippen MR) is 99.6 cm³/mol. The van der Waals surface area contributed by atoms with E-state index < -0.39 is 20.0 Å². The Bertz CT molecular complexity index is 991. The molecule has 6 nitrogen and oxygen atoms in total. The van der Waals surface area contributed by atoms with E-state index in [2.05, 4.69) is 9.44 Å². The second-order valence-corrected chi connectivity index (χ2v) is 9.47. The summed E-state index contributed by atoms with van der Waals surface area (Å²) in [5.74, 6) is 0. The summed E-state index contributed by atoms with van der Waals surface area (Å²) in [6.45, 7) is 1.90. The molecular weight excluding hydrogens is 431 g/mol. The van der Waals surface area contributed by atoms with Crippen LogP contribution in [0.5, 0.6) is 0 Å². The first-order valence-electron chi connectivity index (χ1n) is 6.84. The van der Waals surface area contributed by atoms with Gasteiger partial charge in [-0.1, -0.05) is 41.7 Å². The molecule has 0 fully saturated rings. The Morgan fingerprint density at radius 2 is 1.40 bits per heavy atom. The molecule has 11 heteroatoms. The zero-order valence-electron chi connectivity index (χ0n) is 12.8. The highest BCUT2D eigenvalue weighted by atomic mass is 35.5. The second-order valence-electron chi connectivity index (χ2n) is 4.83. The summed E-state index contributed by atoms with van der Waals surface area (Å²) in [6.07, 6.45) is 0. The minimum atomic E-state index is -4.03. The first kappa shape index (κ1) is 20.3. The molecule has 2 rings (SSSR count). The van der Waals surface area contributed by atoms with Crippen LogP contribution in [0.15, 0.2) is 46.2 Å². The van der Waals surface area contributed by atoms with E-state index in [0.717, 1.165) is 6.07 Å². The topological polar surface area (TPSA) is 92.3 Å². The van der Waals surface area contributed by atoms with E-state index in [0.29, 0.717) is 0 Å². The maximum Gasteiger partial charge on any atom is 0.263 e. The van der Waals surface area contributed by atoms with E-state index in [1.807, 2.05) is 0 Å². The molecule has 0 saturated heterocycles. The summed E-state index contributed by atoms with van der Waals surface area (Å²) in [4.78, 5) is -0.224. The highest BCUT2D eigenvalue weighted by Crippen LogP contribution is 2.32. The maximum atomic E-state index is 12.4. The van der Waals surface area contributed by atoms with E-state index >= 15 is 0 Å². The summed E-state index contributed by atoms with van der Waals surface area (Å²) in [7, 11) is -7.65. The van der Waals surface area contributed by atoms with Gasteiger partial charge in [-0.3, -0.25) is 4.72 Å². The number of halogens is 3. The molecule has 0 atom stereocenters. The zero-order valence-corrected chi connectivity index (χ0v) is 16.7. The van der Waals surface area contributed by atoms with Gasteiger partial charge < -0.3 is 0 Å². The fourth-order valence-corrected chi connectivity index (χ4v) is 5.00. The Hall–Kier alpha value is -1.03. The molecule has 136 valence electrons. The van der Waals surface area contributed by atoms with Crippen molar-refractivity contribution in [3.63, 3.8) is 0 Å². The summed E-state index contributed by atoms with van der Waals surface area (Å²) in [6, 6.07) is 7.59. The third kappa shape index (κ3) is 4.78. The van der Waals surface area contributed by atoms with Gasteiger partial charge in [-0.25, -0.2) is 21.6 Å². The van der Waals surface area contributed by atoms with Crippen molar-refractivity contribution in [2.24, 2.45) is 0 Å². The minimum absolute atomic E-state index is 0.0184. The molecule has 2 aromatic rings. The van der Waals surface area contributed by atoms with E-state index in [1.165, 1.54) is 30.3 Å². The van der Waals surface area contributed by atoms with Crippen LogP contribution in [0.4, 0.5) is 5.69 Å². The lowest BCUT2D eigenvalue weighted by molar-refractivity contribution is 0.584. The van der Waals surface area contributed by atoms with Gasteiger partial charge in [-0.05, 0) is 36.4 Å². The van der Waals surface area contributed by atoms with Crippen molar-refractivity contribution in [3.8, 4) is 0 Å². The third-order valence-corrected chi connectivity index (χ3v) is 7.15. The molecule has 0 bridgehead atoms. The number of hydrogen-bond acceptors (Lipinski definition) is 4. The molecule has 0 radical (unpaired) electrons. The molecule has 0 saturated carbocycles. The number of sulfonamides is 2. The third-order valence-electron chi connectivity index (χ3n) is 3.02. The number of rotatable bonds is 6. The van der Waals surface area contributed by atoms with Crippen molar-refractivity contribution >= 4 is 60.5 Å². The maximum absolute atomic E-state index is 12.4. The number of hydrogen-bond donors (Lipinski definition) is 2. The first-order valence-corrected chi connectivity index (χ1v) is 10.9. The van der Waals surface area contributed by atoms with E-state index in [9.17, 15) is 16.8 Å². The summed E-state index contributed by atoms with van der Waals surface area (Å²) in [5.41, 5.74) is 0.164. The van der Waals surface area contributed by atoms with Gasteiger partial charge in [0.2, 0.25) is 10.0 Å². The normalized spacial score (nSPS) is 12.2. The van der Waals surface area contributed by atoms with E-state index in [4.69, 9.17) is 34.8 Å². The van der Waals surface area contributed by atoms with Gasteiger partial charge in [0.15, 0.2) is 0 Å². The molecule has 2 N–H and O–H groups in total. The van der Waals surface area contributed by atoms with Gasteiger partial charge in [0.1, 0.15) is 4.90 Å². The lowest BCUT2D eigenvalue weighted by Gasteiger charge is -2.11. The summed E-state index contributed by atoms with van der Waals surface area (Å²) >= 11 is 17.5. The van der Waals surface area contributed by atoms with Gasteiger partial charge >= 0.3 is 0 Å². The average Bonchev–Trinajstić information content (AvgIpc) is 2.51. The van der Waals surface area contributed by atoms with Gasteiger partial charge in [0.05, 0.1) is 20.0 Å². The van der Waals surface area contributed by atoms with Crippen LogP contribution >= 0.6 is 34.8 Å². The molecule has 25 heavy (non-hydrogen) atoms. The number of nitrogens with one attached hydrogen (secondary N) is 2. The van der Waals surface area contributed by atoms with Crippen LogP contribution in [0.1, 0.15) is 6.92 Å². The molecule has 0 aliphatic rings. The molecule has 0 unspecified atom stereocenters. The molecule has 0 heterocycles. The smallest absolute Gasteiger partial charge is 0.263 e. The SMILES string of the molecule is CCNS(=O)(=O)c1ccc(NS(=O)(=O)c2cc(Cl)c(Cl)cc2Cl)cc1. The fourth-order valence-electron chi connectivity index (χ4n) is 1.90. The Labute approximate surface area is 161 Å². The van der Waals surface area contributed by atoms with Crippen LogP contribution in [0.3, 0.4) is 0 Å². The molecule has 2 aromatic carbocycles. The van der Waals surface area contributed by atoms with Crippen molar-refractivity contribution < 1.29 is 16.8 Å². The Morgan fingerprint density at radius 3 is 1.96 bits per heavy atom. The Kier molecular flexibility index (Phi) is 6.24. The number of anilines is 1. The Balaban J connectivity index is 2.32. The first-order chi connectivity index (χ1) is 11.6. The molecule has 0 amide bonds.